The molecule has 0 aromatic rings. The Morgan fingerprint density at radius 2 is 0.456 bits per heavy atom. The van der Waals surface area contributed by atoms with Crippen LogP contribution in [0.15, 0.2) is 24.3 Å². The summed E-state index contributed by atoms with van der Waals surface area (Å²) in [6, 6.07) is 0. The predicted molar refractivity (Wildman–Crippen MR) is 344 cm³/mol. The zero-order valence-corrected chi connectivity index (χ0v) is 53.7. The molecule has 1 atom stereocenters. The van der Waals surface area contributed by atoms with E-state index in [9.17, 15) is 14.4 Å². The van der Waals surface area contributed by atoms with E-state index < -0.39 is 6.10 Å². The lowest BCUT2D eigenvalue weighted by molar-refractivity contribution is -0.167. The Morgan fingerprint density at radius 1 is 0.253 bits per heavy atom. The van der Waals surface area contributed by atoms with Crippen molar-refractivity contribution in [1.29, 1.82) is 0 Å². The molecule has 0 bridgehead atoms. The van der Waals surface area contributed by atoms with E-state index >= 15 is 0 Å². The fourth-order valence-corrected chi connectivity index (χ4v) is 11.1. The Balaban J connectivity index is 4.13. The van der Waals surface area contributed by atoms with Crippen LogP contribution in [-0.4, -0.2) is 37.2 Å². The Morgan fingerprint density at radius 3 is 0.696 bits per heavy atom. The monoisotopic (exact) mass is 1110 g/mol. The molecule has 6 heteroatoms. The maximum absolute atomic E-state index is 12.9. The van der Waals surface area contributed by atoms with Crippen LogP contribution in [0.4, 0.5) is 0 Å². The quantitative estimate of drug-likeness (QED) is 0.0261. The number of hydrogen-bond donors (Lipinski definition) is 0. The fraction of sp³-hybridized carbons (Fsp3) is 0.904. The molecule has 1 unspecified atom stereocenters. The summed E-state index contributed by atoms with van der Waals surface area (Å²) < 4.78 is 17.0. The molecule has 0 amide bonds. The molecule has 79 heavy (non-hydrogen) atoms. The summed E-state index contributed by atoms with van der Waals surface area (Å²) in [5, 5.41) is 0. The van der Waals surface area contributed by atoms with Gasteiger partial charge in [-0.3, -0.25) is 14.4 Å². The molecule has 0 saturated carbocycles. The first kappa shape index (κ1) is 76.9. The van der Waals surface area contributed by atoms with Gasteiger partial charge in [0.15, 0.2) is 6.10 Å². The second-order valence-corrected chi connectivity index (χ2v) is 24.5. The fourth-order valence-electron chi connectivity index (χ4n) is 11.1. The molecule has 6 nitrogen and oxygen atoms in total. The molecule has 0 aliphatic rings. The first-order chi connectivity index (χ1) is 39.0. The molecule has 0 spiro atoms. The number of rotatable bonds is 67. The molecule has 466 valence electrons. The highest BCUT2D eigenvalue weighted by atomic mass is 16.6. The first-order valence-electron chi connectivity index (χ1n) is 35.8. The smallest absolute Gasteiger partial charge is 0.306 e. The Kier molecular flexibility index (Phi) is 66.6. The highest BCUT2D eigenvalue weighted by molar-refractivity contribution is 5.71. The van der Waals surface area contributed by atoms with Crippen molar-refractivity contribution in [3.63, 3.8) is 0 Å². The first-order valence-corrected chi connectivity index (χ1v) is 35.8. The van der Waals surface area contributed by atoms with Gasteiger partial charge in [-0.1, -0.05) is 360 Å². The zero-order chi connectivity index (χ0) is 57.1. The number of esters is 3. The normalized spacial score (nSPS) is 12.1. The van der Waals surface area contributed by atoms with Crippen molar-refractivity contribution in [3.8, 4) is 0 Å². The van der Waals surface area contributed by atoms with Gasteiger partial charge in [0, 0.05) is 19.3 Å². The summed E-state index contributed by atoms with van der Waals surface area (Å²) in [6.07, 6.45) is 83.6. The highest BCUT2D eigenvalue weighted by Crippen LogP contribution is 2.19. The van der Waals surface area contributed by atoms with E-state index in [1.807, 2.05) is 0 Å². The number of unbranched alkanes of at least 4 members (excludes halogenated alkanes) is 52. The van der Waals surface area contributed by atoms with Crippen LogP contribution in [0.25, 0.3) is 0 Å². The van der Waals surface area contributed by atoms with Crippen molar-refractivity contribution in [2.45, 2.75) is 412 Å². The number of carbonyl (C=O) groups is 3. The Bertz CT molecular complexity index is 1270. The van der Waals surface area contributed by atoms with Crippen molar-refractivity contribution in [1.82, 2.24) is 0 Å². The third-order valence-corrected chi connectivity index (χ3v) is 16.5. The number of allylic oxidation sites excluding steroid dienone is 4. The topological polar surface area (TPSA) is 78.9 Å². The zero-order valence-electron chi connectivity index (χ0n) is 53.7. The van der Waals surface area contributed by atoms with Gasteiger partial charge in [-0.15, -0.1) is 0 Å². The molecule has 0 aromatic heterocycles. The van der Waals surface area contributed by atoms with Gasteiger partial charge in [-0.2, -0.15) is 0 Å². The van der Waals surface area contributed by atoms with Gasteiger partial charge in [0.1, 0.15) is 13.2 Å². The van der Waals surface area contributed by atoms with Gasteiger partial charge in [0.2, 0.25) is 0 Å². The summed E-state index contributed by atoms with van der Waals surface area (Å²) in [4.78, 5) is 38.4. The minimum Gasteiger partial charge on any atom is -0.462 e. The van der Waals surface area contributed by atoms with Gasteiger partial charge in [0.25, 0.3) is 0 Å². The summed E-state index contributed by atoms with van der Waals surface area (Å²) in [6.45, 7) is 6.71. The standard InChI is InChI=1S/C73H138O6/c1-4-7-10-13-16-19-22-24-26-28-30-32-33-34-35-36-37-38-39-41-42-44-46-48-51-54-57-60-63-66-72(75)78-69-70(68-77-71(74)65-62-59-56-53-50-21-18-15-12-9-6-3)79-73(76)67-64-61-58-55-52-49-47-45-43-40-31-29-27-25-23-20-17-14-11-8-5-2/h22,24,28,30,70H,4-21,23,25-27,29,31-69H2,1-3H3/b24-22-,30-28-. The maximum atomic E-state index is 12.9. The van der Waals surface area contributed by atoms with Crippen molar-refractivity contribution < 1.29 is 28.6 Å². The van der Waals surface area contributed by atoms with E-state index in [0.29, 0.717) is 19.3 Å². The lowest BCUT2D eigenvalue weighted by atomic mass is 10.0. The lowest BCUT2D eigenvalue weighted by Gasteiger charge is -2.18. The largest absolute Gasteiger partial charge is 0.462 e. The average molecular weight is 1110 g/mol. The van der Waals surface area contributed by atoms with Crippen LogP contribution in [0.5, 0.6) is 0 Å². The second kappa shape index (κ2) is 68.4. The van der Waals surface area contributed by atoms with Crippen molar-refractivity contribution in [2.75, 3.05) is 13.2 Å². The van der Waals surface area contributed by atoms with Gasteiger partial charge in [0.05, 0.1) is 0 Å². The molecular weight excluding hydrogens is 973 g/mol. The van der Waals surface area contributed by atoms with Gasteiger partial charge in [-0.25, -0.2) is 0 Å². The van der Waals surface area contributed by atoms with Crippen LogP contribution < -0.4 is 0 Å². The summed E-state index contributed by atoms with van der Waals surface area (Å²) in [5.74, 6) is -0.831. The van der Waals surface area contributed by atoms with Crippen LogP contribution in [-0.2, 0) is 28.6 Å². The molecule has 0 saturated heterocycles. The Labute approximate surface area is 493 Å². The molecular formula is C73H138O6. The number of ether oxygens (including phenoxy) is 3. The molecule has 0 rings (SSSR count). The summed E-state index contributed by atoms with van der Waals surface area (Å²) in [5.41, 5.74) is 0. The minimum absolute atomic E-state index is 0.0635. The maximum Gasteiger partial charge on any atom is 0.306 e. The highest BCUT2D eigenvalue weighted by Gasteiger charge is 2.19. The van der Waals surface area contributed by atoms with E-state index in [0.717, 1.165) is 64.2 Å². The molecule has 0 N–H and O–H groups in total. The Hall–Kier alpha value is -2.11. The molecule has 0 aromatic carbocycles. The van der Waals surface area contributed by atoms with Crippen LogP contribution in [0, 0.1) is 0 Å². The van der Waals surface area contributed by atoms with Gasteiger partial charge in [-0.05, 0) is 51.4 Å². The van der Waals surface area contributed by atoms with Crippen molar-refractivity contribution >= 4 is 17.9 Å². The molecule has 0 aliphatic heterocycles. The van der Waals surface area contributed by atoms with E-state index in [1.54, 1.807) is 0 Å². The van der Waals surface area contributed by atoms with E-state index in [4.69, 9.17) is 14.2 Å². The van der Waals surface area contributed by atoms with Crippen LogP contribution >= 0.6 is 0 Å². The summed E-state index contributed by atoms with van der Waals surface area (Å²) in [7, 11) is 0. The van der Waals surface area contributed by atoms with Gasteiger partial charge < -0.3 is 14.2 Å². The van der Waals surface area contributed by atoms with E-state index in [-0.39, 0.29) is 31.1 Å². The lowest BCUT2D eigenvalue weighted by Crippen LogP contribution is -2.30. The molecule has 0 radical (unpaired) electrons. The number of carbonyl (C=O) groups excluding carboxylic acids is 3. The van der Waals surface area contributed by atoms with Crippen LogP contribution in [0.1, 0.15) is 406 Å². The van der Waals surface area contributed by atoms with Crippen molar-refractivity contribution in [2.24, 2.45) is 0 Å². The number of hydrogen-bond acceptors (Lipinski definition) is 6. The SMILES string of the molecule is CCCCCCC/C=C\C/C=C\CCCCCCCCCCCCCCCCCCCC(=O)OCC(COC(=O)CCCCCCCCCCCCC)OC(=O)CCCCCCCCCCCCCCCCCCCCCCC. The summed E-state index contributed by atoms with van der Waals surface area (Å²) >= 11 is 0. The molecule has 0 aliphatic carbocycles. The predicted octanol–water partition coefficient (Wildman–Crippen LogP) is 24.6. The van der Waals surface area contributed by atoms with Gasteiger partial charge >= 0.3 is 17.9 Å². The van der Waals surface area contributed by atoms with E-state index in [2.05, 4.69) is 45.1 Å². The molecule has 0 heterocycles. The van der Waals surface area contributed by atoms with Crippen LogP contribution in [0.3, 0.4) is 0 Å². The minimum atomic E-state index is -0.766. The third-order valence-electron chi connectivity index (χ3n) is 16.5. The second-order valence-electron chi connectivity index (χ2n) is 24.5. The van der Waals surface area contributed by atoms with Crippen LogP contribution in [0.2, 0.25) is 0 Å². The molecule has 0 fully saturated rings. The van der Waals surface area contributed by atoms with E-state index in [1.165, 1.54) is 302 Å². The third kappa shape index (κ3) is 66.6. The van der Waals surface area contributed by atoms with Crippen molar-refractivity contribution in [3.05, 3.63) is 24.3 Å². The average Bonchev–Trinajstić information content (AvgIpc) is 3.45.